The number of Topliss-reactive ketones (excluding diaryl/α,β-unsaturated/α-hetero) is 1. The summed E-state index contributed by atoms with van der Waals surface area (Å²) in [5.74, 6) is -1.19. The van der Waals surface area contributed by atoms with Crippen LogP contribution in [0.25, 0.3) is 0 Å². The predicted molar refractivity (Wildman–Crippen MR) is 125 cm³/mol. The van der Waals surface area contributed by atoms with Crippen molar-refractivity contribution >= 4 is 68.7 Å². The predicted octanol–water partition coefficient (Wildman–Crippen LogP) is 3.53. The number of carbonyl (C=O) groups excluding carboxylic acids is 2. The molecular formula is C20H17Cl2N5O4S2. The topological polar surface area (TPSA) is 128 Å². The Morgan fingerprint density at radius 3 is 2.58 bits per heavy atom. The number of nitrogens with zero attached hydrogens (tertiary/aromatic N) is 3. The van der Waals surface area contributed by atoms with Crippen molar-refractivity contribution in [2.45, 2.75) is 19.4 Å². The number of H-pyrrole nitrogens is 1. The Morgan fingerprint density at radius 2 is 2.00 bits per heavy atom. The standard InChI is InChI=1S/C20H17Cl2N5O4S2/c1-7-12(21)13(22)15(24-7)17(29)26-14-8-5-27(6-9(8)14)20-25-10(16(33-20)19(30)31)4-11(28)18-23-2-3-32-18/h2-3,8-9,14,24H,4-6H2,1H3,(H,26,29)(H,30,31)/t8-,9+,14-. The second-order valence-corrected chi connectivity index (χ2v) is 10.6. The number of ketones is 1. The Kier molecular flexibility index (Phi) is 5.68. The molecule has 0 bridgehead atoms. The molecule has 3 atom stereocenters. The quantitative estimate of drug-likeness (QED) is 0.402. The smallest absolute Gasteiger partial charge is 0.347 e. The fourth-order valence-electron chi connectivity index (χ4n) is 4.20. The number of thiazole rings is 2. The molecule has 2 fully saturated rings. The lowest BCUT2D eigenvalue weighted by atomic mass is 10.2. The number of aromatic amines is 1. The first-order valence-electron chi connectivity index (χ1n) is 9.99. The van der Waals surface area contributed by atoms with E-state index in [9.17, 15) is 19.5 Å². The summed E-state index contributed by atoms with van der Waals surface area (Å²) in [6, 6.07) is 0.0112. The van der Waals surface area contributed by atoms with Crippen molar-refractivity contribution < 1.29 is 19.5 Å². The summed E-state index contributed by atoms with van der Waals surface area (Å²) < 4.78 is 0. The molecule has 1 amide bonds. The zero-order valence-corrected chi connectivity index (χ0v) is 20.2. The number of amides is 1. The van der Waals surface area contributed by atoms with Crippen molar-refractivity contribution in [1.29, 1.82) is 0 Å². The molecule has 33 heavy (non-hydrogen) atoms. The van der Waals surface area contributed by atoms with E-state index in [1.54, 1.807) is 12.3 Å². The maximum Gasteiger partial charge on any atom is 0.347 e. The third-order valence-electron chi connectivity index (χ3n) is 5.92. The molecule has 1 saturated carbocycles. The van der Waals surface area contributed by atoms with Gasteiger partial charge in [0.05, 0.1) is 22.2 Å². The van der Waals surface area contributed by atoms with Gasteiger partial charge in [-0.3, -0.25) is 9.59 Å². The monoisotopic (exact) mass is 525 g/mol. The van der Waals surface area contributed by atoms with Crippen molar-refractivity contribution in [2.24, 2.45) is 11.8 Å². The molecule has 1 saturated heterocycles. The van der Waals surface area contributed by atoms with Gasteiger partial charge in [-0.2, -0.15) is 0 Å². The van der Waals surface area contributed by atoms with Gasteiger partial charge in [0.25, 0.3) is 5.91 Å². The lowest BCUT2D eigenvalue weighted by Crippen LogP contribution is -2.34. The van der Waals surface area contributed by atoms with Crippen molar-refractivity contribution in [2.75, 3.05) is 18.0 Å². The molecule has 2 aliphatic rings. The molecule has 1 aliphatic heterocycles. The fourth-order valence-corrected chi connectivity index (χ4v) is 6.13. The summed E-state index contributed by atoms with van der Waals surface area (Å²) >= 11 is 14.5. The fraction of sp³-hybridized carbons (Fsp3) is 0.350. The van der Waals surface area contributed by atoms with E-state index < -0.39 is 5.97 Å². The number of carboxylic acid groups (broad SMARTS) is 1. The molecule has 3 aromatic heterocycles. The van der Waals surface area contributed by atoms with Crippen molar-refractivity contribution in [3.05, 3.63) is 48.6 Å². The highest BCUT2D eigenvalue weighted by molar-refractivity contribution is 7.17. The highest BCUT2D eigenvalue weighted by Crippen LogP contribution is 2.48. The number of aromatic carboxylic acids is 1. The van der Waals surface area contributed by atoms with Crippen LogP contribution in [0, 0.1) is 18.8 Å². The van der Waals surface area contributed by atoms with Crippen LogP contribution >= 0.6 is 45.9 Å². The van der Waals surface area contributed by atoms with Gasteiger partial charge >= 0.3 is 5.97 Å². The first kappa shape index (κ1) is 22.3. The number of hydrogen-bond donors (Lipinski definition) is 3. The first-order valence-corrected chi connectivity index (χ1v) is 12.4. The second-order valence-electron chi connectivity index (χ2n) is 8.00. The van der Waals surface area contributed by atoms with E-state index in [4.69, 9.17) is 23.2 Å². The molecule has 0 unspecified atom stereocenters. The minimum absolute atomic E-state index is 0.0112. The number of nitrogens with one attached hydrogen (secondary N) is 2. The Bertz CT molecular complexity index is 1260. The Morgan fingerprint density at radius 1 is 1.27 bits per heavy atom. The summed E-state index contributed by atoms with van der Waals surface area (Å²) in [6.45, 7) is 3.02. The maximum atomic E-state index is 12.6. The molecule has 13 heteroatoms. The zero-order chi connectivity index (χ0) is 23.4. The summed E-state index contributed by atoms with van der Waals surface area (Å²) in [5, 5.41) is 15.7. The van der Waals surface area contributed by atoms with Crippen LogP contribution in [0.4, 0.5) is 5.13 Å². The normalized spacial score (nSPS) is 21.2. The van der Waals surface area contributed by atoms with Crippen molar-refractivity contribution in [3.63, 3.8) is 0 Å². The molecule has 9 nitrogen and oxygen atoms in total. The van der Waals surface area contributed by atoms with Gasteiger partial charge < -0.3 is 20.3 Å². The number of anilines is 1. The summed E-state index contributed by atoms with van der Waals surface area (Å²) in [5.41, 5.74) is 1.14. The highest BCUT2D eigenvalue weighted by atomic mass is 35.5. The van der Waals surface area contributed by atoms with E-state index in [2.05, 4.69) is 20.3 Å². The molecule has 0 spiro atoms. The number of halogens is 2. The summed E-state index contributed by atoms with van der Waals surface area (Å²) in [7, 11) is 0. The van der Waals surface area contributed by atoms with Crippen LogP contribution < -0.4 is 10.2 Å². The third kappa shape index (κ3) is 4.03. The van der Waals surface area contributed by atoms with Gasteiger partial charge in [0.1, 0.15) is 10.6 Å². The van der Waals surface area contributed by atoms with Gasteiger partial charge in [0.15, 0.2) is 15.9 Å². The molecule has 1 aliphatic carbocycles. The van der Waals surface area contributed by atoms with Gasteiger partial charge in [-0.25, -0.2) is 14.8 Å². The number of carbonyl (C=O) groups is 3. The average molecular weight is 526 g/mol. The van der Waals surface area contributed by atoms with Gasteiger partial charge in [0.2, 0.25) is 0 Å². The van der Waals surface area contributed by atoms with Crippen molar-refractivity contribution in [3.8, 4) is 0 Å². The molecule has 3 aromatic rings. The molecule has 4 heterocycles. The van der Waals surface area contributed by atoms with Crippen LogP contribution in [0.3, 0.4) is 0 Å². The number of hydrogen-bond acceptors (Lipinski definition) is 8. The van der Waals surface area contributed by atoms with E-state index in [0.717, 1.165) is 11.3 Å². The minimum atomic E-state index is -1.10. The maximum absolute atomic E-state index is 12.6. The number of carboxylic acids is 1. The number of fused-ring (bicyclic) bond motifs is 1. The van der Waals surface area contributed by atoms with E-state index in [1.807, 2.05) is 4.90 Å². The van der Waals surface area contributed by atoms with E-state index in [-0.39, 0.29) is 57.3 Å². The largest absolute Gasteiger partial charge is 0.477 e. The minimum Gasteiger partial charge on any atom is -0.477 e. The first-order chi connectivity index (χ1) is 15.7. The zero-order valence-electron chi connectivity index (χ0n) is 17.1. The molecular weight excluding hydrogens is 509 g/mol. The lowest BCUT2D eigenvalue weighted by Gasteiger charge is -2.19. The lowest BCUT2D eigenvalue weighted by molar-refractivity contribution is 0.0700. The Hall–Kier alpha value is -2.47. The van der Waals surface area contributed by atoms with E-state index >= 15 is 0 Å². The molecule has 5 rings (SSSR count). The number of aryl methyl sites for hydroxylation is 1. The average Bonchev–Trinajstić information content (AvgIpc) is 3.36. The number of rotatable bonds is 7. The third-order valence-corrected chi connectivity index (χ3v) is 8.83. The number of aromatic nitrogens is 3. The van der Waals surface area contributed by atoms with Gasteiger partial charge in [0, 0.05) is 48.2 Å². The van der Waals surface area contributed by atoms with Crippen LogP contribution in [-0.4, -0.2) is 56.8 Å². The second kappa shape index (κ2) is 8.39. The van der Waals surface area contributed by atoms with Gasteiger partial charge in [-0.1, -0.05) is 34.5 Å². The number of piperidine rings is 1. The van der Waals surface area contributed by atoms with Gasteiger partial charge in [-0.05, 0) is 6.92 Å². The molecule has 0 radical (unpaired) electrons. The molecule has 0 aromatic carbocycles. The molecule has 172 valence electrons. The van der Waals surface area contributed by atoms with Crippen molar-refractivity contribution in [1.82, 2.24) is 20.3 Å². The highest BCUT2D eigenvalue weighted by Gasteiger charge is 2.57. The van der Waals surface area contributed by atoms with E-state index in [1.165, 1.54) is 17.5 Å². The van der Waals surface area contributed by atoms with Crippen LogP contribution in [0.15, 0.2) is 11.6 Å². The van der Waals surface area contributed by atoms with Crippen LogP contribution in [-0.2, 0) is 6.42 Å². The van der Waals surface area contributed by atoms with Crippen LogP contribution in [0.5, 0.6) is 0 Å². The Balaban J connectivity index is 1.24. The summed E-state index contributed by atoms with van der Waals surface area (Å²) in [6.07, 6.45) is 1.43. The SMILES string of the molecule is Cc1[nH]c(C(=O)N[C@@H]2[C@@H]3CN(c4nc(CC(=O)c5nccs5)c(C(=O)O)s4)C[C@@H]32)c(Cl)c1Cl. The molecule has 3 N–H and O–H groups in total. The van der Waals surface area contributed by atoms with E-state index in [0.29, 0.717) is 33.9 Å². The van der Waals surface area contributed by atoms with Gasteiger partial charge in [-0.15, -0.1) is 11.3 Å². The van der Waals surface area contributed by atoms with Crippen LogP contribution in [0.1, 0.15) is 41.4 Å². The Labute approximate surface area is 205 Å². The van der Waals surface area contributed by atoms with Crippen LogP contribution in [0.2, 0.25) is 10.0 Å². The summed E-state index contributed by atoms with van der Waals surface area (Å²) in [4.78, 5) is 50.1.